The van der Waals surface area contributed by atoms with Crippen LogP contribution in [-0.2, 0) is 9.53 Å². The van der Waals surface area contributed by atoms with Crippen molar-refractivity contribution in [3.8, 4) is 0 Å². The largest absolute Gasteiger partial charge is 0.481 e. The molecule has 0 rings (SSSR count). The summed E-state index contributed by atoms with van der Waals surface area (Å²) in [5.41, 5.74) is 0. The molecule has 6 nitrogen and oxygen atoms in total. The molecule has 21 heavy (non-hydrogen) atoms. The van der Waals surface area contributed by atoms with E-state index in [0.717, 1.165) is 38.7 Å². The van der Waals surface area contributed by atoms with Crippen molar-refractivity contribution in [2.45, 2.75) is 51.9 Å². The third kappa shape index (κ3) is 13.4. The summed E-state index contributed by atoms with van der Waals surface area (Å²) in [4.78, 5) is 22.1. The Kier molecular flexibility index (Phi) is 12.8. The normalized spacial score (nSPS) is 11.9. The maximum atomic E-state index is 11.5. The second kappa shape index (κ2) is 13.7. The molecule has 0 aromatic carbocycles. The molecule has 0 aliphatic carbocycles. The summed E-state index contributed by atoms with van der Waals surface area (Å²) in [6.45, 7) is 4.08. The van der Waals surface area contributed by atoms with Gasteiger partial charge in [-0.25, -0.2) is 4.79 Å². The molecule has 124 valence electrons. The Morgan fingerprint density at radius 3 is 2.43 bits per heavy atom. The Balaban J connectivity index is 3.52. The van der Waals surface area contributed by atoms with Crippen LogP contribution in [-0.4, -0.2) is 43.9 Å². The van der Waals surface area contributed by atoms with Crippen molar-refractivity contribution in [3.05, 3.63) is 0 Å². The molecule has 0 bridgehead atoms. The van der Waals surface area contributed by atoms with Crippen LogP contribution < -0.4 is 10.6 Å². The van der Waals surface area contributed by atoms with Gasteiger partial charge in [-0.2, -0.15) is 0 Å². The number of aliphatic carboxylic acids is 1. The Morgan fingerprint density at radius 2 is 1.81 bits per heavy atom. The van der Waals surface area contributed by atoms with E-state index in [1.807, 2.05) is 6.92 Å². The first kappa shape index (κ1) is 19.7. The number of hydrogen-bond acceptors (Lipinski definition) is 3. The second-order valence-corrected chi connectivity index (χ2v) is 5.23. The van der Waals surface area contributed by atoms with Gasteiger partial charge in [0.05, 0.1) is 0 Å². The van der Waals surface area contributed by atoms with E-state index in [9.17, 15) is 9.59 Å². The van der Waals surface area contributed by atoms with Gasteiger partial charge in [0.25, 0.3) is 0 Å². The van der Waals surface area contributed by atoms with Crippen LogP contribution >= 0.6 is 0 Å². The van der Waals surface area contributed by atoms with Crippen LogP contribution in [0.4, 0.5) is 4.79 Å². The van der Waals surface area contributed by atoms with Crippen molar-refractivity contribution in [3.63, 3.8) is 0 Å². The molecule has 6 heteroatoms. The van der Waals surface area contributed by atoms with Crippen molar-refractivity contribution < 1.29 is 19.4 Å². The van der Waals surface area contributed by atoms with Gasteiger partial charge in [0.1, 0.15) is 0 Å². The number of urea groups is 1. The van der Waals surface area contributed by atoms with Gasteiger partial charge in [0.2, 0.25) is 0 Å². The molecular weight excluding hydrogens is 272 g/mol. The molecule has 0 radical (unpaired) electrons. The van der Waals surface area contributed by atoms with Gasteiger partial charge in [0.15, 0.2) is 0 Å². The number of carboxylic acid groups (broad SMARTS) is 1. The lowest BCUT2D eigenvalue weighted by Gasteiger charge is -2.14. The number of carboxylic acids is 1. The van der Waals surface area contributed by atoms with Gasteiger partial charge in [0, 0.05) is 33.2 Å². The topological polar surface area (TPSA) is 87.7 Å². The molecule has 0 saturated carbocycles. The smallest absolute Gasteiger partial charge is 0.314 e. The molecule has 1 unspecified atom stereocenters. The summed E-state index contributed by atoms with van der Waals surface area (Å²) in [6, 6.07) is -0.144. The van der Waals surface area contributed by atoms with E-state index >= 15 is 0 Å². The number of carbonyl (C=O) groups excluding carboxylic acids is 1. The van der Waals surface area contributed by atoms with Gasteiger partial charge in [-0.05, 0) is 38.0 Å². The number of ether oxygens (including phenoxy) is 1. The maximum absolute atomic E-state index is 11.5. The molecule has 3 N–H and O–H groups in total. The van der Waals surface area contributed by atoms with E-state index in [1.54, 1.807) is 7.11 Å². The predicted octanol–water partition coefficient (Wildman–Crippen LogP) is 2.38. The fourth-order valence-electron chi connectivity index (χ4n) is 2.08. The third-order valence-corrected chi connectivity index (χ3v) is 3.49. The molecule has 0 saturated heterocycles. The number of unbranched alkanes of at least 4 members (excludes halogenated alkanes) is 2. The standard InChI is InChI=1S/C15H30N2O4/c1-3-13(7-8-14(18)19)9-11-17-15(20)16-10-5-4-6-12-21-2/h13H,3-12H2,1-2H3,(H,18,19)(H2,16,17,20). The predicted molar refractivity (Wildman–Crippen MR) is 82.4 cm³/mol. The monoisotopic (exact) mass is 302 g/mol. The Hall–Kier alpha value is -1.30. The quantitative estimate of drug-likeness (QED) is 0.456. The van der Waals surface area contributed by atoms with Gasteiger partial charge in [-0.3, -0.25) is 4.79 Å². The first-order valence-corrected chi connectivity index (χ1v) is 7.82. The van der Waals surface area contributed by atoms with Gasteiger partial charge in [-0.15, -0.1) is 0 Å². The SMILES string of the molecule is CCC(CCNC(=O)NCCCCCOC)CCC(=O)O. The van der Waals surface area contributed by atoms with E-state index in [0.29, 0.717) is 25.4 Å². The van der Waals surface area contributed by atoms with Crippen molar-refractivity contribution in [1.29, 1.82) is 0 Å². The van der Waals surface area contributed by atoms with Crippen LogP contribution in [0.25, 0.3) is 0 Å². The molecule has 0 aliphatic heterocycles. The van der Waals surface area contributed by atoms with Crippen molar-refractivity contribution in [2.24, 2.45) is 5.92 Å². The highest BCUT2D eigenvalue weighted by atomic mass is 16.5. The van der Waals surface area contributed by atoms with Crippen LogP contribution in [0.1, 0.15) is 51.9 Å². The van der Waals surface area contributed by atoms with Crippen LogP contribution in [0.15, 0.2) is 0 Å². The molecule has 0 spiro atoms. The summed E-state index contributed by atoms with van der Waals surface area (Å²) >= 11 is 0. The van der Waals surface area contributed by atoms with Crippen molar-refractivity contribution in [2.75, 3.05) is 26.8 Å². The molecule has 2 amide bonds. The number of amides is 2. The molecule has 0 aromatic heterocycles. The first-order chi connectivity index (χ1) is 10.1. The number of hydrogen-bond donors (Lipinski definition) is 3. The maximum Gasteiger partial charge on any atom is 0.314 e. The number of methoxy groups -OCH3 is 1. The summed E-state index contributed by atoms with van der Waals surface area (Å²) in [5, 5.41) is 14.3. The van der Waals surface area contributed by atoms with E-state index < -0.39 is 5.97 Å². The van der Waals surface area contributed by atoms with Gasteiger partial charge < -0.3 is 20.5 Å². The lowest BCUT2D eigenvalue weighted by Crippen LogP contribution is -2.37. The Labute approximate surface area is 127 Å². The van der Waals surface area contributed by atoms with Crippen molar-refractivity contribution in [1.82, 2.24) is 10.6 Å². The fraction of sp³-hybridized carbons (Fsp3) is 0.867. The minimum absolute atomic E-state index is 0.144. The summed E-state index contributed by atoms with van der Waals surface area (Å²) < 4.78 is 4.95. The second-order valence-electron chi connectivity index (χ2n) is 5.23. The van der Waals surface area contributed by atoms with Gasteiger partial charge in [-0.1, -0.05) is 13.3 Å². The lowest BCUT2D eigenvalue weighted by atomic mass is 9.97. The van der Waals surface area contributed by atoms with Gasteiger partial charge >= 0.3 is 12.0 Å². The average Bonchev–Trinajstić information content (AvgIpc) is 2.46. The van der Waals surface area contributed by atoms with Crippen molar-refractivity contribution >= 4 is 12.0 Å². The minimum Gasteiger partial charge on any atom is -0.481 e. The fourth-order valence-corrected chi connectivity index (χ4v) is 2.08. The summed E-state index contributed by atoms with van der Waals surface area (Å²) in [5.74, 6) is -0.400. The van der Waals surface area contributed by atoms with Crippen LogP contribution in [0, 0.1) is 5.92 Å². The highest BCUT2D eigenvalue weighted by Gasteiger charge is 2.09. The summed E-state index contributed by atoms with van der Waals surface area (Å²) in [6.07, 6.45) is 5.65. The van der Waals surface area contributed by atoms with E-state index in [-0.39, 0.29) is 12.5 Å². The number of nitrogens with one attached hydrogen (secondary N) is 2. The van der Waals surface area contributed by atoms with E-state index in [4.69, 9.17) is 9.84 Å². The summed E-state index contributed by atoms with van der Waals surface area (Å²) in [7, 11) is 1.69. The van der Waals surface area contributed by atoms with Crippen LogP contribution in [0.5, 0.6) is 0 Å². The van der Waals surface area contributed by atoms with Crippen LogP contribution in [0.3, 0.4) is 0 Å². The highest BCUT2D eigenvalue weighted by molar-refractivity contribution is 5.73. The average molecular weight is 302 g/mol. The zero-order valence-corrected chi connectivity index (χ0v) is 13.3. The van der Waals surface area contributed by atoms with E-state index in [2.05, 4.69) is 10.6 Å². The zero-order valence-electron chi connectivity index (χ0n) is 13.3. The number of carbonyl (C=O) groups is 2. The lowest BCUT2D eigenvalue weighted by molar-refractivity contribution is -0.137. The highest BCUT2D eigenvalue weighted by Crippen LogP contribution is 2.14. The molecule has 0 fully saturated rings. The molecular formula is C15H30N2O4. The first-order valence-electron chi connectivity index (χ1n) is 7.82. The molecule has 0 aromatic rings. The zero-order chi connectivity index (χ0) is 15.9. The Morgan fingerprint density at radius 1 is 1.10 bits per heavy atom. The Bertz CT molecular complexity index is 285. The number of rotatable bonds is 13. The minimum atomic E-state index is -0.757. The van der Waals surface area contributed by atoms with Crippen LogP contribution in [0.2, 0.25) is 0 Å². The van der Waals surface area contributed by atoms with E-state index in [1.165, 1.54) is 0 Å². The third-order valence-electron chi connectivity index (χ3n) is 3.49. The molecule has 1 atom stereocenters. The molecule has 0 heterocycles. The molecule has 0 aliphatic rings.